The lowest BCUT2D eigenvalue weighted by Crippen LogP contribution is -2.49. The first-order valence-electron chi connectivity index (χ1n) is 8.45. The second-order valence-electron chi connectivity index (χ2n) is 6.98. The smallest absolute Gasteiger partial charge is 0.244 e. The standard InChI is InChI=1S/C16H29N3O/c1-3-6-14-17-16(9-4-5-10-16)15(20)19(14)13-7-11-18(2)12-8-13/h13-14,17H,3-12H2,1-2H3. The van der Waals surface area contributed by atoms with E-state index in [9.17, 15) is 4.79 Å². The van der Waals surface area contributed by atoms with Gasteiger partial charge in [-0.2, -0.15) is 0 Å². The van der Waals surface area contributed by atoms with Crippen LogP contribution >= 0.6 is 0 Å². The van der Waals surface area contributed by atoms with Gasteiger partial charge in [0.25, 0.3) is 0 Å². The molecule has 0 aromatic rings. The molecule has 0 aromatic carbocycles. The van der Waals surface area contributed by atoms with Crippen LogP contribution in [0.3, 0.4) is 0 Å². The fourth-order valence-corrected chi connectivity index (χ4v) is 4.35. The fourth-order valence-electron chi connectivity index (χ4n) is 4.35. The molecule has 3 rings (SSSR count). The van der Waals surface area contributed by atoms with Gasteiger partial charge in [0.2, 0.25) is 5.91 Å². The third-order valence-electron chi connectivity index (χ3n) is 5.52. The fraction of sp³-hybridized carbons (Fsp3) is 0.938. The van der Waals surface area contributed by atoms with Gasteiger partial charge in [-0.3, -0.25) is 10.1 Å². The lowest BCUT2D eigenvalue weighted by molar-refractivity contribution is -0.136. The van der Waals surface area contributed by atoms with E-state index in [1.807, 2.05) is 0 Å². The predicted octanol–water partition coefficient (Wildman–Crippen LogP) is 1.95. The minimum Gasteiger partial charge on any atom is -0.322 e. The second-order valence-corrected chi connectivity index (χ2v) is 6.98. The molecular formula is C16H29N3O. The van der Waals surface area contributed by atoms with Gasteiger partial charge in [-0.15, -0.1) is 0 Å². The van der Waals surface area contributed by atoms with Gasteiger partial charge in [0.15, 0.2) is 0 Å². The summed E-state index contributed by atoms with van der Waals surface area (Å²) in [6.07, 6.45) is 9.32. The summed E-state index contributed by atoms with van der Waals surface area (Å²) < 4.78 is 0. The van der Waals surface area contributed by atoms with Gasteiger partial charge in [-0.05, 0) is 52.2 Å². The van der Waals surface area contributed by atoms with E-state index in [1.165, 1.54) is 12.8 Å². The molecule has 1 spiro atoms. The number of nitrogens with zero attached hydrogens (tertiary/aromatic N) is 2. The van der Waals surface area contributed by atoms with Gasteiger partial charge in [0.05, 0.1) is 11.7 Å². The summed E-state index contributed by atoms with van der Waals surface area (Å²) in [7, 11) is 2.18. The normalized spacial score (nSPS) is 31.6. The van der Waals surface area contributed by atoms with Crippen LogP contribution in [0.5, 0.6) is 0 Å². The van der Waals surface area contributed by atoms with Crippen molar-refractivity contribution < 1.29 is 4.79 Å². The molecule has 1 aliphatic carbocycles. The van der Waals surface area contributed by atoms with E-state index in [0.717, 1.165) is 51.6 Å². The first-order chi connectivity index (χ1) is 9.66. The Hall–Kier alpha value is -0.610. The topological polar surface area (TPSA) is 35.6 Å². The number of piperidine rings is 1. The molecule has 1 amide bonds. The van der Waals surface area contributed by atoms with Crippen molar-refractivity contribution in [3.63, 3.8) is 0 Å². The molecule has 2 aliphatic heterocycles. The summed E-state index contributed by atoms with van der Waals surface area (Å²) in [6.45, 7) is 4.47. The number of carbonyl (C=O) groups excluding carboxylic acids is 1. The van der Waals surface area contributed by atoms with Crippen molar-refractivity contribution in [1.82, 2.24) is 15.1 Å². The molecule has 1 unspecified atom stereocenters. The molecule has 2 heterocycles. The number of amides is 1. The Balaban J connectivity index is 1.77. The van der Waals surface area contributed by atoms with E-state index in [2.05, 4.69) is 29.1 Å². The highest BCUT2D eigenvalue weighted by molar-refractivity contribution is 5.89. The van der Waals surface area contributed by atoms with Crippen LogP contribution in [0.15, 0.2) is 0 Å². The van der Waals surface area contributed by atoms with Crippen LogP contribution < -0.4 is 5.32 Å². The molecule has 4 nitrogen and oxygen atoms in total. The quantitative estimate of drug-likeness (QED) is 0.858. The summed E-state index contributed by atoms with van der Waals surface area (Å²) in [5.74, 6) is 0.419. The monoisotopic (exact) mass is 279 g/mol. The molecular weight excluding hydrogens is 250 g/mol. The molecule has 0 radical (unpaired) electrons. The van der Waals surface area contributed by atoms with Crippen molar-refractivity contribution in [2.45, 2.75) is 76.0 Å². The molecule has 20 heavy (non-hydrogen) atoms. The van der Waals surface area contributed by atoms with Gasteiger partial charge in [0, 0.05) is 6.04 Å². The van der Waals surface area contributed by atoms with Crippen molar-refractivity contribution in [3.05, 3.63) is 0 Å². The lowest BCUT2D eigenvalue weighted by atomic mass is 9.96. The highest BCUT2D eigenvalue weighted by atomic mass is 16.2. The number of carbonyl (C=O) groups is 1. The summed E-state index contributed by atoms with van der Waals surface area (Å²) in [5, 5.41) is 3.74. The SMILES string of the molecule is CCCC1NC2(CCCC2)C(=O)N1C1CCN(C)CC1. The largest absolute Gasteiger partial charge is 0.322 e. The predicted molar refractivity (Wildman–Crippen MR) is 80.4 cm³/mol. The van der Waals surface area contributed by atoms with E-state index in [1.54, 1.807) is 0 Å². The van der Waals surface area contributed by atoms with Crippen LogP contribution in [-0.4, -0.2) is 53.6 Å². The Bertz CT molecular complexity index is 357. The van der Waals surface area contributed by atoms with E-state index < -0.39 is 0 Å². The zero-order chi connectivity index (χ0) is 14.2. The Morgan fingerprint density at radius 1 is 1.25 bits per heavy atom. The maximum atomic E-state index is 13.0. The van der Waals surface area contributed by atoms with Gasteiger partial charge in [-0.1, -0.05) is 26.2 Å². The van der Waals surface area contributed by atoms with Gasteiger partial charge >= 0.3 is 0 Å². The maximum absolute atomic E-state index is 13.0. The van der Waals surface area contributed by atoms with Crippen molar-refractivity contribution >= 4 is 5.91 Å². The van der Waals surface area contributed by atoms with Crippen LogP contribution in [0, 0.1) is 0 Å². The molecule has 1 N–H and O–H groups in total. The molecule has 0 bridgehead atoms. The van der Waals surface area contributed by atoms with Crippen LogP contribution in [0.2, 0.25) is 0 Å². The number of hydrogen-bond acceptors (Lipinski definition) is 3. The minimum absolute atomic E-state index is 0.191. The molecule has 114 valence electrons. The third-order valence-corrected chi connectivity index (χ3v) is 5.52. The van der Waals surface area contributed by atoms with Crippen molar-refractivity contribution in [2.24, 2.45) is 0 Å². The summed E-state index contributed by atoms with van der Waals surface area (Å²) in [6, 6.07) is 0.461. The second kappa shape index (κ2) is 5.64. The van der Waals surface area contributed by atoms with Crippen LogP contribution in [0.4, 0.5) is 0 Å². The van der Waals surface area contributed by atoms with Gasteiger partial charge in [-0.25, -0.2) is 0 Å². The first kappa shape index (κ1) is 14.3. The van der Waals surface area contributed by atoms with Crippen molar-refractivity contribution in [1.29, 1.82) is 0 Å². The highest BCUT2D eigenvalue weighted by Crippen LogP contribution is 2.39. The average Bonchev–Trinajstić information content (AvgIpc) is 3.00. The summed E-state index contributed by atoms with van der Waals surface area (Å²) >= 11 is 0. The zero-order valence-electron chi connectivity index (χ0n) is 13.0. The van der Waals surface area contributed by atoms with Crippen LogP contribution in [0.1, 0.15) is 58.3 Å². The highest BCUT2D eigenvalue weighted by Gasteiger charge is 2.53. The number of likely N-dealkylation sites (tertiary alicyclic amines) is 1. The third kappa shape index (κ3) is 2.37. The molecule has 1 atom stereocenters. The molecule has 4 heteroatoms. The van der Waals surface area contributed by atoms with E-state index >= 15 is 0 Å². The van der Waals surface area contributed by atoms with Crippen molar-refractivity contribution in [3.8, 4) is 0 Å². The Labute approximate surface area is 122 Å². The zero-order valence-corrected chi connectivity index (χ0v) is 13.0. The summed E-state index contributed by atoms with van der Waals surface area (Å²) in [4.78, 5) is 17.7. The van der Waals surface area contributed by atoms with Gasteiger partial charge < -0.3 is 9.80 Å². The van der Waals surface area contributed by atoms with Crippen molar-refractivity contribution in [2.75, 3.05) is 20.1 Å². The number of nitrogens with one attached hydrogen (secondary N) is 1. The molecule has 2 saturated heterocycles. The Morgan fingerprint density at radius 3 is 2.50 bits per heavy atom. The lowest BCUT2D eigenvalue weighted by Gasteiger charge is -2.38. The van der Waals surface area contributed by atoms with Gasteiger partial charge in [0.1, 0.15) is 0 Å². The van der Waals surface area contributed by atoms with E-state index in [0.29, 0.717) is 18.1 Å². The molecule has 1 saturated carbocycles. The Morgan fingerprint density at radius 2 is 1.90 bits per heavy atom. The number of rotatable bonds is 3. The first-order valence-corrected chi connectivity index (χ1v) is 8.45. The number of hydrogen-bond donors (Lipinski definition) is 1. The maximum Gasteiger partial charge on any atom is 0.244 e. The Kier molecular flexibility index (Phi) is 4.04. The van der Waals surface area contributed by atoms with Crippen LogP contribution in [-0.2, 0) is 4.79 Å². The van der Waals surface area contributed by atoms with E-state index in [4.69, 9.17) is 0 Å². The average molecular weight is 279 g/mol. The summed E-state index contributed by atoms with van der Waals surface area (Å²) in [5.41, 5.74) is -0.191. The molecule has 0 aromatic heterocycles. The van der Waals surface area contributed by atoms with E-state index in [-0.39, 0.29) is 5.54 Å². The molecule has 3 fully saturated rings. The minimum atomic E-state index is -0.191. The molecule has 3 aliphatic rings. The van der Waals surface area contributed by atoms with Crippen LogP contribution in [0.25, 0.3) is 0 Å².